The molecule has 2 aromatic heterocycles. The highest BCUT2D eigenvalue weighted by Crippen LogP contribution is 2.11. The van der Waals surface area contributed by atoms with Gasteiger partial charge >= 0.3 is 0 Å². The number of hydrogen-bond donors (Lipinski definition) is 1. The third-order valence-electron chi connectivity index (χ3n) is 3.14. The first-order valence-corrected chi connectivity index (χ1v) is 6.88. The summed E-state index contributed by atoms with van der Waals surface area (Å²) in [5, 5.41) is 6.91. The molecule has 2 heterocycles. The molecule has 1 atom stereocenters. The van der Waals surface area contributed by atoms with Crippen LogP contribution in [0.2, 0.25) is 5.15 Å². The third-order valence-corrected chi connectivity index (χ3v) is 3.36. The van der Waals surface area contributed by atoms with Crippen LogP contribution in [0.5, 0.6) is 0 Å². The van der Waals surface area contributed by atoms with Gasteiger partial charge < -0.3 is 9.84 Å². The number of amides is 1. The van der Waals surface area contributed by atoms with Crippen LogP contribution in [0.3, 0.4) is 0 Å². The first-order chi connectivity index (χ1) is 9.95. The SMILES string of the molecule is Cc1cc(NC(=O)[C@H](C)N(C)Cc2ccc(Cl)nc2)no1. The fourth-order valence-electron chi connectivity index (χ4n) is 1.78. The van der Waals surface area contributed by atoms with E-state index in [2.05, 4.69) is 15.5 Å². The molecule has 2 rings (SSSR count). The van der Waals surface area contributed by atoms with Crippen molar-refractivity contribution in [1.82, 2.24) is 15.0 Å². The van der Waals surface area contributed by atoms with Crippen molar-refractivity contribution >= 4 is 23.3 Å². The predicted octanol–water partition coefficient (Wildman–Crippen LogP) is 2.49. The van der Waals surface area contributed by atoms with E-state index in [0.29, 0.717) is 23.3 Å². The largest absolute Gasteiger partial charge is 0.360 e. The maximum atomic E-state index is 12.1. The van der Waals surface area contributed by atoms with Crippen LogP contribution >= 0.6 is 11.6 Å². The number of carbonyl (C=O) groups is 1. The second kappa shape index (κ2) is 6.69. The highest BCUT2D eigenvalue weighted by molar-refractivity contribution is 6.29. The van der Waals surface area contributed by atoms with Crippen LogP contribution in [-0.4, -0.2) is 34.0 Å². The van der Waals surface area contributed by atoms with Crippen LogP contribution in [0.1, 0.15) is 18.2 Å². The summed E-state index contributed by atoms with van der Waals surface area (Å²) >= 11 is 5.75. The van der Waals surface area contributed by atoms with E-state index >= 15 is 0 Å². The van der Waals surface area contributed by atoms with Gasteiger partial charge in [-0.15, -0.1) is 0 Å². The van der Waals surface area contributed by atoms with E-state index in [-0.39, 0.29) is 11.9 Å². The second-order valence-corrected chi connectivity index (χ2v) is 5.28. The Morgan fingerprint density at radius 1 is 1.52 bits per heavy atom. The second-order valence-electron chi connectivity index (χ2n) is 4.89. The minimum atomic E-state index is -0.322. The molecule has 0 fully saturated rings. The smallest absolute Gasteiger partial charge is 0.242 e. The summed E-state index contributed by atoms with van der Waals surface area (Å²) < 4.78 is 4.91. The van der Waals surface area contributed by atoms with E-state index in [1.807, 2.05) is 24.9 Å². The Bertz CT molecular complexity index is 612. The van der Waals surface area contributed by atoms with Crippen LogP contribution in [0.15, 0.2) is 28.9 Å². The van der Waals surface area contributed by atoms with Crippen molar-refractivity contribution in [2.24, 2.45) is 0 Å². The fourth-order valence-corrected chi connectivity index (χ4v) is 1.89. The molecular formula is C14H17ClN4O2. The molecule has 7 heteroatoms. The topological polar surface area (TPSA) is 71.3 Å². The van der Waals surface area contributed by atoms with E-state index in [4.69, 9.17) is 16.1 Å². The van der Waals surface area contributed by atoms with E-state index in [9.17, 15) is 4.79 Å². The molecule has 0 spiro atoms. The van der Waals surface area contributed by atoms with Gasteiger partial charge in [-0.05, 0) is 32.5 Å². The van der Waals surface area contributed by atoms with Crippen LogP contribution in [0.25, 0.3) is 0 Å². The normalized spacial score (nSPS) is 12.4. The summed E-state index contributed by atoms with van der Waals surface area (Å²) in [6, 6.07) is 4.97. The number of anilines is 1. The fraction of sp³-hybridized carbons (Fsp3) is 0.357. The third kappa shape index (κ3) is 4.27. The molecule has 0 bridgehead atoms. The zero-order valence-electron chi connectivity index (χ0n) is 12.1. The summed E-state index contributed by atoms with van der Waals surface area (Å²) in [6.07, 6.45) is 1.70. The van der Waals surface area contributed by atoms with Gasteiger partial charge in [-0.2, -0.15) is 0 Å². The quantitative estimate of drug-likeness (QED) is 0.859. The molecular weight excluding hydrogens is 292 g/mol. The lowest BCUT2D eigenvalue weighted by molar-refractivity contribution is -0.120. The minimum absolute atomic E-state index is 0.146. The van der Waals surface area contributed by atoms with Crippen LogP contribution in [0.4, 0.5) is 5.82 Å². The Morgan fingerprint density at radius 2 is 2.29 bits per heavy atom. The van der Waals surface area contributed by atoms with Gasteiger partial charge in [0.2, 0.25) is 5.91 Å². The maximum absolute atomic E-state index is 12.1. The van der Waals surface area contributed by atoms with Gasteiger partial charge in [0.05, 0.1) is 6.04 Å². The van der Waals surface area contributed by atoms with Gasteiger partial charge in [0.1, 0.15) is 10.9 Å². The van der Waals surface area contributed by atoms with E-state index in [1.165, 1.54) is 0 Å². The first kappa shape index (κ1) is 15.5. The molecule has 0 aliphatic carbocycles. The number of hydrogen-bond acceptors (Lipinski definition) is 5. The van der Waals surface area contributed by atoms with Gasteiger partial charge in [-0.1, -0.05) is 22.8 Å². The average molecular weight is 309 g/mol. The van der Waals surface area contributed by atoms with Crippen molar-refractivity contribution in [1.29, 1.82) is 0 Å². The molecule has 2 aromatic rings. The Kier molecular flexibility index (Phi) is 4.93. The zero-order valence-corrected chi connectivity index (χ0v) is 12.9. The number of nitrogens with one attached hydrogen (secondary N) is 1. The molecule has 112 valence electrons. The Morgan fingerprint density at radius 3 is 2.86 bits per heavy atom. The van der Waals surface area contributed by atoms with Gasteiger partial charge in [0.25, 0.3) is 0 Å². The lowest BCUT2D eigenvalue weighted by atomic mass is 10.2. The molecule has 0 aliphatic heterocycles. The Balaban J connectivity index is 1.93. The zero-order chi connectivity index (χ0) is 15.4. The number of likely N-dealkylation sites (N-methyl/N-ethyl adjacent to an activating group) is 1. The van der Waals surface area contributed by atoms with E-state index in [0.717, 1.165) is 5.56 Å². The number of pyridine rings is 1. The highest BCUT2D eigenvalue weighted by Gasteiger charge is 2.19. The highest BCUT2D eigenvalue weighted by atomic mass is 35.5. The van der Waals surface area contributed by atoms with Crippen LogP contribution in [-0.2, 0) is 11.3 Å². The Hall–Kier alpha value is -1.92. The van der Waals surface area contributed by atoms with Crippen LogP contribution < -0.4 is 5.32 Å². The van der Waals surface area contributed by atoms with Crippen molar-refractivity contribution < 1.29 is 9.32 Å². The number of rotatable bonds is 5. The average Bonchev–Trinajstić information content (AvgIpc) is 2.85. The molecule has 0 unspecified atom stereocenters. The number of aromatic nitrogens is 2. The number of aryl methyl sites for hydroxylation is 1. The summed E-state index contributed by atoms with van der Waals surface area (Å²) in [7, 11) is 1.87. The molecule has 0 saturated carbocycles. The van der Waals surface area contributed by atoms with Crippen molar-refractivity contribution in [2.75, 3.05) is 12.4 Å². The molecule has 6 nitrogen and oxygen atoms in total. The van der Waals surface area contributed by atoms with Crippen molar-refractivity contribution in [2.45, 2.75) is 26.4 Å². The molecule has 0 radical (unpaired) electrons. The molecule has 1 amide bonds. The lowest BCUT2D eigenvalue weighted by Crippen LogP contribution is -2.39. The maximum Gasteiger partial charge on any atom is 0.242 e. The van der Waals surface area contributed by atoms with Crippen molar-refractivity contribution in [3.05, 3.63) is 40.9 Å². The molecule has 0 aromatic carbocycles. The summed E-state index contributed by atoms with van der Waals surface area (Å²) in [5.41, 5.74) is 0.985. The van der Waals surface area contributed by atoms with E-state index < -0.39 is 0 Å². The molecule has 0 aliphatic rings. The van der Waals surface area contributed by atoms with E-state index in [1.54, 1.807) is 25.3 Å². The molecule has 0 saturated heterocycles. The van der Waals surface area contributed by atoms with Gasteiger partial charge in [0, 0.05) is 18.8 Å². The predicted molar refractivity (Wildman–Crippen MR) is 80.0 cm³/mol. The standard InChI is InChI=1S/C14H17ClN4O2/c1-9-6-13(18-21-9)17-14(20)10(2)19(3)8-11-4-5-12(15)16-7-11/h4-7,10H,8H2,1-3H3,(H,17,18,20)/t10-/m0/s1. The first-order valence-electron chi connectivity index (χ1n) is 6.50. The molecule has 21 heavy (non-hydrogen) atoms. The molecule has 1 N–H and O–H groups in total. The number of halogens is 1. The summed E-state index contributed by atoms with van der Waals surface area (Å²) in [5.74, 6) is 0.928. The van der Waals surface area contributed by atoms with Gasteiger partial charge in [0.15, 0.2) is 5.82 Å². The van der Waals surface area contributed by atoms with Gasteiger partial charge in [-0.3, -0.25) is 9.69 Å². The Labute approximate surface area is 128 Å². The number of nitrogens with zero attached hydrogens (tertiary/aromatic N) is 3. The summed E-state index contributed by atoms with van der Waals surface area (Å²) in [6.45, 7) is 4.19. The van der Waals surface area contributed by atoms with Crippen molar-refractivity contribution in [3.63, 3.8) is 0 Å². The lowest BCUT2D eigenvalue weighted by Gasteiger charge is -2.23. The van der Waals surface area contributed by atoms with Gasteiger partial charge in [-0.25, -0.2) is 4.98 Å². The number of carbonyl (C=O) groups excluding carboxylic acids is 1. The van der Waals surface area contributed by atoms with Crippen LogP contribution in [0, 0.1) is 6.92 Å². The minimum Gasteiger partial charge on any atom is -0.360 e. The monoisotopic (exact) mass is 308 g/mol. The van der Waals surface area contributed by atoms with Crippen molar-refractivity contribution in [3.8, 4) is 0 Å². The summed E-state index contributed by atoms with van der Waals surface area (Å²) in [4.78, 5) is 18.1.